The Morgan fingerprint density at radius 3 is 2.35 bits per heavy atom. The molecule has 8 heteroatoms. The number of anilines is 2. The maximum absolute atomic E-state index is 13.9. The summed E-state index contributed by atoms with van der Waals surface area (Å²) in [5.41, 5.74) is 2.53. The van der Waals surface area contributed by atoms with Crippen LogP contribution >= 0.6 is 0 Å². The van der Waals surface area contributed by atoms with Crippen LogP contribution in [0.5, 0.6) is 5.75 Å². The van der Waals surface area contributed by atoms with Crippen molar-refractivity contribution in [2.24, 2.45) is 0 Å². The lowest BCUT2D eigenvalue weighted by Gasteiger charge is -2.32. The fourth-order valence-electron chi connectivity index (χ4n) is 3.94. The van der Waals surface area contributed by atoms with Gasteiger partial charge in [0.25, 0.3) is 11.8 Å². The summed E-state index contributed by atoms with van der Waals surface area (Å²) >= 11 is 0. The van der Waals surface area contributed by atoms with E-state index in [1.54, 1.807) is 36.4 Å². The van der Waals surface area contributed by atoms with E-state index in [1.165, 1.54) is 47.8 Å². The first kappa shape index (κ1) is 25.5. The van der Waals surface area contributed by atoms with Crippen LogP contribution in [0.15, 0.2) is 91.4 Å². The summed E-state index contributed by atoms with van der Waals surface area (Å²) < 4.78 is 19.3. The first-order chi connectivity index (χ1) is 18.0. The number of rotatable bonds is 9. The molecule has 3 aromatic carbocycles. The van der Waals surface area contributed by atoms with E-state index in [2.05, 4.69) is 15.3 Å². The van der Waals surface area contributed by atoms with Gasteiger partial charge in [0.15, 0.2) is 0 Å². The lowest BCUT2D eigenvalue weighted by molar-refractivity contribution is -0.117. The van der Waals surface area contributed by atoms with E-state index in [0.717, 1.165) is 12.0 Å². The standard InChI is InChI=1S/C29H27FN4O3/c1-3-20-9-15-23(16-10-20)34(29(36)25-19-31-17-18-32-25)27(24-7-5-6-8-26(24)37-4-2)28(35)33-22-13-11-21(30)12-14-22/h5-19,27H,3-4H2,1-2H3,(H,33,35)/t27-/m1/s1. The van der Waals surface area contributed by atoms with Crippen LogP contribution in [0.25, 0.3) is 0 Å². The number of para-hydroxylation sites is 1. The molecule has 4 aromatic rings. The summed E-state index contributed by atoms with van der Waals surface area (Å²) in [6.45, 7) is 4.25. The smallest absolute Gasteiger partial charge is 0.279 e. The molecule has 0 saturated carbocycles. The number of halogens is 1. The number of carbonyl (C=O) groups excluding carboxylic acids is 2. The summed E-state index contributed by atoms with van der Waals surface area (Å²) in [6, 6.07) is 18.8. The number of aryl methyl sites for hydroxylation is 1. The molecule has 1 N–H and O–H groups in total. The Bertz CT molecular complexity index is 1350. The van der Waals surface area contributed by atoms with Gasteiger partial charge in [0.1, 0.15) is 23.3 Å². The molecule has 0 fully saturated rings. The van der Waals surface area contributed by atoms with Crippen LogP contribution in [-0.2, 0) is 11.2 Å². The Labute approximate surface area is 215 Å². The summed E-state index contributed by atoms with van der Waals surface area (Å²) in [5.74, 6) is -0.975. The van der Waals surface area contributed by atoms with Gasteiger partial charge >= 0.3 is 0 Å². The van der Waals surface area contributed by atoms with Crippen molar-refractivity contribution in [3.8, 4) is 5.75 Å². The second-order valence-corrected chi connectivity index (χ2v) is 8.16. The Morgan fingerprint density at radius 2 is 1.70 bits per heavy atom. The van der Waals surface area contributed by atoms with E-state index >= 15 is 0 Å². The minimum absolute atomic E-state index is 0.0792. The number of aromatic nitrogens is 2. The van der Waals surface area contributed by atoms with Gasteiger partial charge in [0.05, 0.1) is 12.8 Å². The number of hydrogen-bond donors (Lipinski definition) is 1. The van der Waals surface area contributed by atoms with Crippen molar-refractivity contribution < 1.29 is 18.7 Å². The molecule has 0 unspecified atom stereocenters. The molecule has 37 heavy (non-hydrogen) atoms. The Hall–Kier alpha value is -4.59. The molecule has 0 aliphatic rings. The summed E-state index contributed by atoms with van der Waals surface area (Å²) in [7, 11) is 0. The third-order valence-corrected chi connectivity index (χ3v) is 5.76. The van der Waals surface area contributed by atoms with Crippen LogP contribution in [-0.4, -0.2) is 28.4 Å². The monoisotopic (exact) mass is 498 g/mol. The van der Waals surface area contributed by atoms with Crippen LogP contribution in [0, 0.1) is 5.82 Å². The van der Waals surface area contributed by atoms with E-state index in [4.69, 9.17) is 4.74 Å². The van der Waals surface area contributed by atoms with Crippen molar-refractivity contribution >= 4 is 23.2 Å². The van der Waals surface area contributed by atoms with Gasteiger partial charge in [0.2, 0.25) is 0 Å². The van der Waals surface area contributed by atoms with Crippen LogP contribution in [0.1, 0.15) is 41.5 Å². The molecule has 4 rings (SSSR count). The lowest BCUT2D eigenvalue weighted by atomic mass is 10.0. The second-order valence-electron chi connectivity index (χ2n) is 8.16. The number of amides is 2. The molecular formula is C29H27FN4O3. The molecule has 7 nitrogen and oxygen atoms in total. The van der Waals surface area contributed by atoms with Crippen molar-refractivity contribution in [1.29, 1.82) is 0 Å². The minimum Gasteiger partial charge on any atom is -0.493 e. The van der Waals surface area contributed by atoms with Crippen molar-refractivity contribution in [3.63, 3.8) is 0 Å². The normalized spacial score (nSPS) is 11.4. The zero-order valence-electron chi connectivity index (χ0n) is 20.6. The molecule has 0 saturated heterocycles. The summed E-state index contributed by atoms with van der Waals surface area (Å²) in [5, 5.41) is 2.83. The number of nitrogens with zero attached hydrogens (tertiary/aromatic N) is 3. The van der Waals surface area contributed by atoms with Crippen molar-refractivity contribution in [1.82, 2.24) is 9.97 Å². The topological polar surface area (TPSA) is 84.4 Å². The van der Waals surface area contributed by atoms with Gasteiger partial charge in [-0.3, -0.25) is 19.5 Å². The van der Waals surface area contributed by atoms with Gasteiger partial charge < -0.3 is 10.1 Å². The third-order valence-electron chi connectivity index (χ3n) is 5.76. The van der Waals surface area contributed by atoms with Crippen molar-refractivity contribution in [2.45, 2.75) is 26.3 Å². The summed E-state index contributed by atoms with van der Waals surface area (Å²) in [4.78, 5) is 37.5. The van der Waals surface area contributed by atoms with E-state index in [0.29, 0.717) is 29.3 Å². The maximum Gasteiger partial charge on any atom is 0.279 e. The Kier molecular flexibility index (Phi) is 8.20. The average molecular weight is 499 g/mol. The molecule has 0 radical (unpaired) electrons. The fraction of sp³-hybridized carbons (Fsp3) is 0.172. The van der Waals surface area contributed by atoms with Crippen LogP contribution in [0.2, 0.25) is 0 Å². The number of hydrogen-bond acceptors (Lipinski definition) is 5. The van der Waals surface area contributed by atoms with Crippen molar-refractivity contribution in [2.75, 3.05) is 16.8 Å². The highest BCUT2D eigenvalue weighted by atomic mass is 19.1. The zero-order chi connectivity index (χ0) is 26.2. The molecule has 188 valence electrons. The van der Waals surface area contributed by atoms with Crippen LogP contribution in [0.3, 0.4) is 0 Å². The van der Waals surface area contributed by atoms with Gasteiger partial charge in [-0.2, -0.15) is 0 Å². The van der Waals surface area contributed by atoms with E-state index in [-0.39, 0.29) is 5.69 Å². The van der Waals surface area contributed by atoms with Gasteiger partial charge in [-0.25, -0.2) is 9.37 Å². The molecule has 1 heterocycles. The molecule has 2 amide bonds. The molecule has 1 aromatic heterocycles. The first-order valence-electron chi connectivity index (χ1n) is 12.0. The first-order valence-corrected chi connectivity index (χ1v) is 12.0. The van der Waals surface area contributed by atoms with E-state index in [9.17, 15) is 14.0 Å². The molecule has 0 bridgehead atoms. The Morgan fingerprint density at radius 1 is 0.973 bits per heavy atom. The summed E-state index contributed by atoms with van der Waals surface area (Å²) in [6.07, 6.45) is 5.08. The van der Waals surface area contributed by atoms with E-state index < -0.39 is 23.7 Å². The Balaban J connectivity index is 1.88. The number of nitrogens with one attached hydrogen (secondary N) is 1. The van der Waals surface area contributed by atoms with E-state index in [1.807, 2.05) is 26.0 Å². The van der Waals surface area contributed by atoms with Gasteiger partial charge in [-0.1, -0.05) is 37.3 Å². The lowest BCUT2D eigenvalue weighted by Crippen LogP contribution is -2.42. The van der Waals surface area contributed by atoms with Gasteiger partial charge in [0, 0.05) is 29.3 Å². The molecule has 0 aliphatic heterocycles. The highest BCUT2D eigenvalue weighted by Crippen LogP contribution is 2.35. The van der Waals surface area contributed by atoms with Gasteiger partial charge in [-0.05, 0) is 61.4 Å². The van der Waals surface area contributed by atoms with Crippen molar-refractivity contribution in [3.05, 3.63) is 114 Å². The zero-order valence-corrected chi connectivity index (χ0v) is 20.6. The fourth-order valence-corrected chi connectivity index (χ4v) is 3.94. The molecular weight excluding hydrogens is 471 g/mol. The predicted octanol–water partition coefficient (Wildman–Crippen LogP) is 5.60. The molecule has 1 atom stereocenters. The largest absolute Gasteiger partial charge is 0.493 e. The quantitative estimate of drug-likeness (QED) is 0.325. The number of carbonyl (C=O) groups is 2. The minimum atomic E-state index is -1.14. The number of benzene rings is 3. The van der Waals surface area contributed by atoms with Crippen LogP contribution < -0.4 is 15.0 Å². The number of ether oxygens (including phenoxy) is 1. The SMILES string of the molecule is CCOc1ccccc1[C@H](C(=O)Nc1ccc(F)cc1)N(C(=O)c1cnccn1)c1ccc(CC)cc1. The van der Waals surface area contributed by atoms with Crippen LogP contribution in [0.4, 0.5) is 15.8 Å². The molecule has 0 aliphatic carbocycles. The highest BCUT2D eigenvalue weighted by molar-refractivity contribution is 6.11. The average Bonchev–Trinajstić information content (AvgIpc) is 2.94. The predicted molar refractivity (Wildman–Crippen MR) is 140 cm³/mol. The third kappa shape index (κ3) is 5.98. The molecule has 0 spiro atoms. The maximum atomic E-state index is 13.9. The van der Waals surface area contributed by atoms with Gasteiger partial charge in [-0.15, -0.1) is 0 Å². The highest BCUT2D eigenvalue weighted by Gasteiger charge is 2.36. The second kappa shape index (κ2) is 11.9.